The highest BCUT2D eigenvalue weighted by Crippen LogP contribution is 2.31. The molecule has 0 aliphatic rings. The van der Waals surface area contributed by atoms with Gasteiger partial charge in [0.25, 0.3) is 0 Å². The predicted molar refractivity (Wildman–Crippen MR) is 73.1 cm³/mol. The number of nitrogens with two attached hydrogens (primary N) is 1. The zero-order chi connectivity index (χ0) is 14.5. The molecule has 0 unspecified atom stereocenters. The van der Waals surface area contributed by atoms with Crippen LogP contribution in [0, 0.1) is 0 Å². The molecule has 2 N–H and O–H groups in total. The number of anilines is 1. The Morgan fingerprint density at radius 2 is 2.05 bits per heavy atom. The van der Waals surface area contributed by atoms with Crippen LogP contribution >= 0.6 is 0 Å². The average molecular weight is 274 g/mol. The third-order valence-corrected chi connectivity index (χ3v) is 2.60. The van der Waals surface area contributed by atoms with Gasteiger partial charge in [0.2, 0.25) is 5.88 Å². The van der Waals surface area contributed by atoms with Crippen molar-refractivity contribution in [2.24, 2.45) is 0 Å². The van der Waals surface area contributed by atoms with Gasteiger partial charge in [0, 0.05) is 12.3 Å². The van der Waals surface area contributed by atoms with E-state index < -0.39 is 5.97 Å². The summed E-state index contributed by atoms with van der Waals surface area (Å²) in [6.45, 7) is 0. The molecule has 1 heterocycles. The van der Waals surface area contributed by atoms with Crippen molar-refractivity contribution in [3.8, 4) is 17.4 Å². The maximum absolute atomic E-state index is 11.6. The molecule has 0 saturated heterocycles. The van der Waals surface area contributed by atoms with E-state index in [9.17, 15) is 4.79 Å². The lowest BCUT2D eigenvalue weighted by Gasteiger charge is -2.11. The molecule has 6 heteroatoms. The predicted octanol–water partition coefficient (Wildman–Crippen LogP) is 2.25. The molecule has 0 aliphatic carbocycles. The topological polar surface area (TPSA) is 83.7 Å². The lowest BCUT2D eigenvalue weighted by molar-refractivity contribution is 0.0597. The number of methoxy groups -OCH3 is 2. The summed E-state index contributed by atoms with van der Waals surface area (Å²) in [6.07, 6.45) is 1.52. The molecular formula is C14H14N2O4. The lowest BCUT2D eigenvalue weighted by Crippen LogP contribution is -2.05. The van der Waals surface area contributed by atoms with Crippen LogP contribution in [0.25, 0.3) is 0 Å². The zero-order valence-electron chi connectivity index (χ0n) is 11.1. The van der Waals surface area contributed by atoms with E-state index in [0.717, 1.165) is 0 Å². The highest BCUT2D eigenvalue weighted by Gasteiger charge is 2.15. The first-order valence-corrected chi connectivity index (χ1v) is 5.80. The van der Waals surface area contributed by atoms with E-state index in [1.807, 2.05) is 0 Å². The standard InChI is InChI=1S/C14H14N2O4/c1-18-9-5-6-12(11(15)8-9)20-13-10(14(17)19-2)4-3-7-16-13/h3-8H,15H2,1-2H3. The number of nitrogens with zero attached hydrogens (tertiary/aromatic N) is 1. The molecule has 20 heavy (non-hydrogen) atoms. The minimum absolute atomic E-state index is 0.135. The third kappa shape index (κ3) is 2.80. The number of esters is 1. The van der Waals surface area contributed by atoms with Gasteiger partial charge in [-0.25, -0.2) is 9.78 Å². The summed E-state index contributed by atoms with van der Waals surface area (Å²) in [7, 11) is 2.84. The van der Waals surface area contributed by atoms with E-state index in [1.54, 1.807) is 37.4 Å². The first kappa shape index (κ1) is 13.7. The highest BCUT2D eigenvalue weighted by molar-refractivity contribution is 5.91. The van der Waals surface area contributed by atoms with Crippen LogP contribution in [0.1, 0.15) is 10.4 Å². The van der Waals surface area contributed by atoms with Crippen molar-refractivity contribution in [2.75, 3.05) is 20.0 Å². The van der Waals surface area contributed by atoms with Crippen LogP contribution in [0.15, 0.2) is 36.5 Å². The number of rotatable bonds is 4. The van der Waals surface area contributed by atoms with E-state index in [4.69, 9.17) is 15.2 Å². The molecule has 1 aromatic heterocycles. The Balaban J connectivity index is 2.33. The van der Waals surface area contributed by atoms with Gasteiger partial charge in [-0.3, -0.25) is 0 Å². The van der Waals surface area contributed by atoms with Crippen molar-refractivity contribution in [1.82, 2.24) is 4.98 Å². The number of carbonyl (C=O) groups is 1. The van der Waals surface area contributed by atoms with Crippen LogP contribution in [0.4, 0.5) is 5.69 Å². The van der Waals surface area contributed by atoms with Crippen molar-refractivity contribution in [1.29, 1.82) is 0 Å². The van der Waals surface area contributed by atoms with Crippen LogP contribution < -0.4 is 15.2 Å². The van der Waals surface area contributed by atoms with E-state index in [0.29, 0.717) is 17.2 Å². The Bertz CT molecular complexity index is 628. The summed E-state index contributed by atoms with van der Waals surface area (Å²) < 4.78 is 15.3. The van der Waals surface area contributed by atoms with Crippen LogP contribution in [-0.4, -0.2) is 25.2 Å². The average Bonchev–Trinajstić information content (AvgIpc) is 2.49. The van der Waals surface area contributed by atoms with Gasteiger partial charge in [0.1, 0.15) is 11.3 Å². The smallest absolute Gasteiger partial charge is 0.343 e. The second-order valence-corrected chi connectivity index (χ2v) is 3.85. The van der Waals surface area contributed by atoms with Crippen molar-refractivity contribution in [3.63, 3.8) is 0 Å². The molecule has 0 saturated carbocycles. The molecule has 0 fully saturated rings. The Hall–Kier alpha value is -2.76. The normalized spacial score (nSPS) is 9.90. The second-order valence-electron chi connectivity index (χ2n) is 3.85. The molecule has 0 radical (unpaired) electrons. The summed E-state index contributed by atoms with van der Waals surface area (Å²) >= 11 is 0. The Morgan fingerprint density at radius 1 is 1.25 bits per heavy atom. The Kier molecular flexibility index (Phi) is 4.05. The molecule has 6 nitrogen and oxygen atoms in total. The minimum Gasteiger partial charge on any atom is -0.497 e. The number of hydrogen-bond acceptors (Lipinski definition) is 6. The SMILES string of the molecule is COC(=O)c1cccnc1Oc1ccc(OC)cc1N. The second kappa shape index (κ2) is 5.92. The number of nitrogen functional groups attached to an aromatic ring is 1. The summed E-state index contributed by atoms with van der Waals surface area (Å²) in [4.78, 5) is 15.6. The van der Waals surface area contributed by atoms with Crippen LogP contribution in [0.2, 0.25) is 0 Å². The number of benzene rings is 1. The van der Waals surface area contributed by atoms with Crippen LogP contribution in [0.3, 0.4) is 0 Å². The fourth-order valence-corrected chi connectivity index (χ4v) is 1.59. The Morgan fingerprint density at radius 3 is 2.70 bits per heavy atom. The summed E-state index contributed by atoms with van der Waals surface area (Å²) in [6, 6.07) is 8.15. The molecule has 104 valence electrons. The fraction of sp³-hybridized carbons (Fsp3) is 0.143. The number of aromatic nitrogens is 1. The summed E-state index contributed by atoms with van der Waals surface area (Å²) in [5.41, 5.74) is 6.46. The van der Waals surface area contributed by atoms with Gasteiger partial charge < -0.3 is 19.9 Å². The fourth-order valence-electron chi connectivity index (χ4n) is 1.59. The third-order valence-electron chi connectivity index (χ3n) is 2.60. The number of hydrogen-bond donors (Lipinski definition) is 1. The molecule has 1 aromatic carbocycles. The van der Waals surface area contributed by atoms with Crippen LogP contribution in [-0.2, 0) is 4.74 Å². The Labute approximate surface area is 116 Å². The number of pyridine rings is 1. The monoisotopic (exact) mass is 274 g/mol. The lowest BCUT2D eigenvalue weighted by atomic mass is 10.2. The number of carbonyl (C=O) groups excluding carboxylic acids is 1. The number of ether oxygens (including phenoxy) is 3. The molecule has 0 amide bonds. The zero-order valence-corrected chi connectivity index (χ0v) is 11.1. The van der Waals surface area contributed by atoms with Gasteiger partial charge in [0.05, 0.1) is 19.9 Å². The minimum atomic E-state index is -0.528. The molecule has 0 aliphatic heterocycles. The van der Waals surface area contributed by atoms with E-state index in [-0.39, 0.29) is 11.4 Å². The van der Waals surface area contributed by atoms with Crippen molar-refractivity contribution in [3.05, 3.63) is 42.1 Å². The molecular weight excluding hydrogens is 260 g/mol. The van der Waals surface area contributed by atoms with E-state index in [2.05, 4.69) is 9.72 Å². The van der Waals surface area contributed by atoms with Gasteiger partial charge in [-0.2, -0.15) is 0 Å². The van der Waals surface area contributed by atoms with Crippen molar-refractivity contribution < 1.29 is 19.0 Å². The van der Waals surface area contributed by atoms with Crippen LogP contribution in [0.5, 0.6) is 17.4 Å². The highest BCUT2D eigenvalue weighted by atomic mass is 16.5. The maximum atomic E-state index is 11.6. The van der Waals surface area contributed by atoms with Gasteiger partial charge >= 0.3 is 5.97 Å². The van der Waals surface area contributed by atoms with E-state index >= 15 is 0 Å². The van der Waals surface area contributed by atoms with Gasteiger partial charge in [-0.05, 0) is 24.3 Å². The summed E-state index contributed by atoms with van der Waals surface area (Å²) in [5.74, 6) is 0.607. The summed E-state index contributed by atoms with van der Waals surface area (Å²) in [5, 5.41) is 0. The molecule has 2 aromatic rings. The molecule has 0 spiro atoms. The maximum Gasteiger partial charge on any atom is 0.343 e. The molecule has 0 bridgehead atoms. The van der Waals surface area contributed by atoms with E-state index in [1.165, 1.54) is 13.3 Å². The largest absolute Gasteiger partial charge is 0.497 e. The van der Waals surface area contributed by atoms with Gasteiger partial charge in [-0.1, -0.05) is 0 Å². The molecule has 0 atom stereocenters. The van der Waals surface area contributed by atoms with Gasteiger partial charge in [-0.15, -0.1) is 0 Å². The quantitative estimate of drug-likeness (QED) is 0.680. The van der Waals surface area contributed by atoms with Crippen molar-refractivity contribution in [2.45, 2.75) is 0 Å². The van der Waals surface area contributed by atoms with Gasteiger partial charge in [0.15, 0.2) is 5.75 Å². The first-order chi connectivity index (χ1) is 9.65. The molecule has 2 rings (SSSR count). The first-order valence-electron chi connectivity index (χ1n) is 5.80. The van der Waals surface area contributed by atoms with Crippen molar-refractivity contribution >= 4 is 11.7 Å².